The molecular formula is C24H35N5O. The summed E-state index contributed by atoms with van der Waals surface area (Å²) in [7, 11) is 0. The SMILES string of the molecule is CC(C)N1CCN(c2ccc(OC3CCN(Cc4ccnc(N)c4)CC3)cc2)CC1. The number of anilines is 2. The van der Waals surface area contributed by atoms with Crippen LogP contribution in [-0.4, -0.2) is 66.2 Å². The highest BCUT2D eigenvalue weighted by Gasteiger charge is 2.22. The number of ether oxygens (including phenoxy) is 1. The zero-order valence-corrected chi connectivity index (χ0v) is 18.3. The lowest BCUT2D eigenvalue weighted by molar-refractivity contribution is 0.0968. The standard InChI is InChI=1S/C24H35N5O/c1-19(2)28-13-15-29(16-14-28)21-3-5-22(6-4-21)30-23-8-11-27(12-9-23)18-20-7-10-26-24(25)17-20/h3-7,10,17,19,23H,8-9,11-16,18H2,1-2H3,(H2,25,26). The first-order valence-corrected chi connectivity index (χ1v) is 11.3. The van der Waals surface area contributed by atoms with Crippen LogP contribution in [0.4, 0.5) is 11.5 Å². The van der Waals surface area contributed by atoms with Crippen molar-refractivity contribution < 1.29 is 4.74 Å². The molecule has 1 aromatic carbocycles. The van der Waals surface area contributed by atoms with Gasteiger partial charge < -0.3 is 15.4 Å². The minimum absolute atomic E-state index is 0.296. The Morgan fingerprint density at radius 2 is 1.70 bits per heavy atom. The number of nitrogens with zero attached hydrogens (tertiary/aromatic N) is 4. The topological polar surface area (TPSA) is 57.9 Å². The second kappa shape index (κ2) is 9.67. The lowest BCUT2D eigenvalue weighted by atomic mass is 10.1. The lowest BCUT2D eigenvalue weighted by Gasteiger charge is -2.38. The van der Waals surface area contributed by atoms with Crippen molar-refractivity contribution >= 4 is 11.5 Å². The van der Waals surface area contributed by atoms with Crippen molar-refractivity contribution in [3.05, 3.63) is 48.2 Å². The van der Waals surface area contributed by atoms with Crippen molar-refractivity contribution in [1.82, 2.24) is 14.8 Å². The largest absolute Gasteiger partial charge is 0.490 e. The first-order chi connectivity index (χ1) is 14.6. The van der Waals surface area contributed by atoms with Crippen molar-refractivity contribution in [2.45, 2.75) is 45.4 Å². The third-order valence-electron chi connectivity index (χ3n) is 6.34. The van der Waals surface area contributed by atoms with Crippen molar-refractivity contribution in [3.8, 4) is 5.75 Å². The molecule has 0 amide bonds. The minimum Gasteiger partial charge on any atom is -0.490 e. The molecular weight excluding hydrogens is 374 g/mol. The molecule has 6 heteroatoms. The van der Waals surface area contributed by atoms with Crippen LogP contribution in [-0.2, 0) is 6.54 Å². The van der Waals surface area contributed by atoms with Gasteiger partial charge in [-0.1, -0.05) is 0 Å². The van der Waals surface area contributed by atoms with Gasteiger partial charge in [0, 0.05) is 63.7 Å². The highest BCUT2D eigenvalue weighted by atomic mass is 16.5. The molecule has 30 heavy (non-hydrogen) atoms. The van der Waals surface area contributed by atoms with Gasteiger partial charge in [-0.25, -0.2) is 4.98 Å². The molecule has 0 bridgehead atoms. The van der Waals surface area contributed by atoms with E-state index in [1.807, 2.05) is 12.1 Å². The molecule has 2 aliphatic rings. The Kier molecular flexibility index (Phi) is 6.75. The van der Waals surface area contributed by atoms with Crippen LogP contribution in [0.5, 0.6) is 5.75 Å². The number of piperazine rings is 1. The van der Waals surface area contributed by atoms with E-state index in [0.717, 1.165) is 64.4 Å². The third kappa shape index (κ3) is 5.43. The predicted molar refractivity (Wildman–Crippen MR) is 123 cm³/mol. The van der Waals surface area contributed by atoms with Gasteiger partial charge in [0.25, 0.3) is 0 Å². The molecule has 0 unspecified atom stereocenters. The summed E-state index contributed by atoms with van der Waals surface area (Å²) in [5.74, 6) is 1.58. The molecule has 2 fully saturated rings. The van der Waals surface area contributed by atoms with Crippen molar-refractivity contribution in [2.24, 2.45) is 0 Å². The first kappa shape index (κ1) is 20.9. The Hall–Kier alpha value is -2.31. The molecule has 2 aromatic rings. The minimum atomic E-state index is 0.296. The van der Waals surface area contributed by atoms with Gasteiger partial charge in [-0.15, -0.1) is 0 Å². The van der Waals surface area contributed by atoms with Crippen LogP contribution in [0, 0.1) is 0 Å². The smallest absolute Gasteiger partial charge is 0.123 e. The molecule has 2 aliphatic heterocycles. The number of aromatic nitrogens is 1. The number of hydrogen-bond acceptors (Lipinski definition) is 6. The highest BCUT2D eigenvalue weighted by Crippen LogP contribution is 2.24. The van der Waals surface area contributed by atoms with Crippen LogP contribution >= 0.6 is 0 Å². The number of nitrogen functional groups attached to an aromatic ring is 1. The molecule has 0 radical (unpaired) electrons. The average molecular weight is 410 g/mol. The number of rotatable bonds is 6. The zero-order chi connectivity index (χ0) is 20.9. The first-order valence-electron chi connectivity index (χ1n) is 11.3. The number of benzene rings is 1. The molecule has 6 nitrogen and oxygen atoms in total. The van der Waals surface area contributed by atoms with Gasteiger partial charge in [-0.2, -0.15) is 0 Å². The number of pyridine rings is 1. The summed E-state index contributed by atoms with van der Waals surface area (Å²) in [4.78, 5) is 11.6. The molecule has 0 aliphatic carbocycles. The second-order valence-electron chi connectivity index (χ2n) is 8.79. The average Bonchev–Trinajstić information content (AvgIpc) is 2.76. The Balaban J connectivity index is 1.23. The number of nitrogens with two attached hydrogens (primary N) is 1. The summed E-state index contributed by atoms with van der Waals surface area (Å²) in [5.41, 5.74) is 8.32. The van der Waals surface area contributed by atoms with Crippen molar-refractivity contribution in [2.75, 3.05) is 49.9 Å². The normalized spacial score (nSPS) is 19.4. The van der Waals surface area contributed by atoms with Gasteiger partial charge >= 0.3 is 0 Å². The Morgan fingerprint density at radius 3 is 2.33 bits per heavy atom. The van der Waals surface area contributed by atoms with Crippen LogP contribution in [0.15, 0.2) is 42.6 Å². The van der Waals surface area contributed by atoms with E-state index in [-0.39, 0.29) is 0 Å². The predicted octanol–water partition coefficient (Wildman–Crippen LogP) is 3.24. The van der Waals surface area contributed by atoms with Gasteiger partial charge in [-0.3, -0.25) is 9.80 Å². The van der Waals surface area contributed by atoms with Crippen LogP contribution < -0.4 is 15.4 Å². The van der Waals surface area contributed by atoms with Crippen molar-refractivity contribution in [3.63, 3.8) is 0 Å². The fraction of sp³-hybridized carbons (Fsp3) is 0.542. The Labute approximate surface area is 180 Å². The maximum atomic E-state index is 6.28. The maximum Gasteiger partial charge on any atom is 0.123 e. The summed E-state index contributed by atoms with van der Waals surface area (Å²) in [6.07, 6.45) is 4.19. The number of likely N-dealkylation sites (tertiary alicyclic amines) is 1. The van der Waals surface area contributed by atoms with Crippen LogP contribution in [0.2, 0.25) is 0 Å². The van der Waals surface area contributed by atoms with E-state index >= 15 is 0 Å². The quantitative estimate of drug-likeness (QED) is 0.790. The molecule has 162 valence electrons. The molecule has 0 atom stereocenters. The van der Waals surface area contributed by atoms with Gasteiger partial charge in [0.05, 0.1) is 0 Å². The maximum absolute atomic E-state index is 6.28. The van der Waals surface area contributed by atoms with Gasteiger partial charge in [-0.05, 0) is 68.7 Å². The molecule has 2 saturated heterocycles. The van der Waals surface area contributed by atoms with Gasteiger partial charge in [0.15, 0.2) is 0 Å². The molecule has 2 N–H and O–H groups in total. The molecule has 3 heterocycles. The Bertz CT molecular complexity index is 793. The molecule has 1 aromatic heterocycles. The number of piperidine rings is 1. The van der Waals surface area contributed by atoms with E-state index in [2.05, 4.69) is 57.8 Å². The van der Waals surface area contributed by atoms with E-state index in [0.29, 0.717) is 18.0 Å². The molecule has 4 rings (SSSR count). The van der Waals surface area contributed by atoms with E-state index in [9.17, 15) is 0 Å². The van der Waals surface area contributed by atoms with Crippen LogP contribution in [0.3, 0.4) is 0 Å². The van der Waals surface area contributed by atoms with Crippen LogP contribution in [0.25, 0.3) is 0 Å². The van der Waals surface area contributed by atoms with Crippen molar-refractivity contribution in [1.29, 1.82) is 0 Å². The van der Waals surface area contributed by atoms with E-state index in [1.54, 1.807) is 6.20 Å². The van der Waals surface area contributed by atoms with Crippen LogP contribution in [0.1, 0.15) is 32.3 Å². The summed E-state index contributed by atoms with van der Waals surface area (Å²) in [5, 5.41) is 0. The lowest BCUT2D eigenvalue weighted by Crippen LogP contribution is -2.48. The Morgan fingerprint density at radius 1 is 1.00 bits per heavy atom. The van der Waals surface area contributed by atoms with Gasteiger partial charge in [0.2, 0.25) is 0 Å². The summed E-state index contributed by atoms with van der Waals surface area (Å²) < 4.78 is 6.28. The van der Waals surface area contributed by atoms with E-state index in [1.165, 1.54) is 11.3 Å². The van der Waals surface area contributed by atoms with Gasteiger partial charge in [0.1, 0.15) is 17.7 Å². The summed E-state index contributed by atoms with van der Waals surface area (Å²) >= 11 is 0. The number of hydrogen-bond donors (Lipinski definition) is 1. The molecule has 0 spiro atoms. The highest BCUT2D eigenvalue weighted by molar-refractivity contribution is 5.49. The fourth-order valence-corrected chi connectivity index (χ4v) is 4.46. The second-order valence-corrected chi connectivity index (χ2v) is 8.79. The third-order valence-corrected chi connectivity index (χ3v) is 6.34. The molecule has 0 saturated carbocycles. The van der Waals surface area contributed by atoms with E-state index < -0.39 is 0 Å². The monoisotopic (exact) mass is 409 g/mol. The fourth-order valence-electron chi connectivity index (χ4n) is 4.46. The summed E-state index contributed by atoms with van der Waals surface area (Å²) in [6, 6.07) is 13.3. The zero-order valence-electron chi connectivity index (χ0n) is 18.3. The van der Waals surface area contributed by atoms with E-state index in [4.69, 9.17) is 10.5 Å². The summed E-state index contributed by atoms with van der Waals surface area (Å²) in [6.45, 7) is 12.1.